The van der Waals surface area contributed by atoms with Crippen molar-refractivity contribution in [3.63, 3.8) is 0 Å². The van der Waals surface area contributed by atoms with Crippen molar-refractivity contribution >= 4 is 33.4 Å². The lowest BCUT2D eigenvalue weighted by Gasteiger charge is -2.36. The van der Waals surface area contributed by atoms with Crippen LogP contribution in [0.1, 0.15) is 42.5 Å². The predicted molar refractivity (Wildman–Crippen MR) is 70.8 cm³/mol. The highest BCUT2D eigenvalue weighted by atomic mass is 79.9. The molecule has 0 bridgehead atoms. The second-order valence-corrected chi connectivity index (χ2v) is 5.44. The number of hydrogen-bond donors (Lipinski definition) is 1. The van der Waals surface area contributed by atoms with Crippen LogP contribution in [0.2, 0.25) is 5.22 Å². The SMILES string of the molecule is O=C(NC1(CBr)CCCCC1)c1ccoc1Cl. The molecule has 94 valence electrons. The lowest BCUT2D eigenvalue weighted by Crippen LogP contribution is -2.51. The van der Waals surface area contributed by atoms with Crippen LogP contribution >= 0.6 is 27.5 Å². The van der Waals surface area contributed by atoms with Gasteiger partial charge in [0.15, 0.2) is 0 Å². The van der Waals surface area contributed by atoms with Gasteiger partial charge in [-0.05, 0) is 30.5 Å². The van der Waals surface area contributed by atoms with E-state index < -0.39 is 0 Å². The first kappa shape index (κ1) is 13.0. The van der Waals surface area contributed by atoms with Crippen LogP contribution in [0.15, 0.2) is 16.7 Å². The Kier molecular flexibility index (Phi) is 4.15. The topological polar surface area (TPSA) is 42.2 Å². The van der Waals surface area contributed by atoms with Crippen molar-refractivity contribution < 1.29 is 9.21 Å². The minimum atomic E-state index is -0.148. The highest BCUT2D eigenvalue weighted by Gasteiger charge is 2.33. The molecule has 0 spiro atoms. The number of amides is 1. The third-order valence-corrected chi connectivity index (χ3v) is 4.67. The monoisotopic (exact) mass is 319 g/mol. The summed E-state index contributed by atoms with van der Waals surface area (Å²) in [5, 5.41) is 4.03. The van der Waals surface area contributed by atoms with Crippen LogP contribution < -0.4 is 5.32 Å². The van der Waals surface area contributed by atoms with Gasteiger partial charge in [-0.2, -0.15) is 0 Å². The molecule has 1 aliphatic rings. The second kappa shape index (κ2) is 5.44. The minimum Gasteiger partial charge on any atom is -0.452 e. The molecule has 17 heavy (non-hydrogen) atoms. The third-order valence-electron chi connectivity index (χ3n) is 3.31. The van der Waals surface area contributed by atoms with Crippen molar-refractivity contribution in [3.8, 4) is 0 Å². The lowest BCUT2D eigenvalue weighted by atomic mass is 9.83. The molecule has 1 aliphatic carbocycles. The quantitative estimate of drug-likeness (QED) is 0.862. The number of carbonyl (C=O) groups excluding carboxylic acids is 1. The number of nitrogens with one attached hydrogen (secondary N) is 1. The number of alkyl halides is 1. The van der Waals surface area contributed by atoms with Gasteiger partial charge in [0.25, 0.3) is 5.91 Å². The van der Waals surface area contributed by atoms with E-state index in [1.165, 1.54) is 12.7 Å². The highest BCUT2D eigenvalue weighted by molar-refractivity contribution is 9.09. The smallest absolute Gasteiger partial charge is 0.256 e. The summed E-state index contributed by atoms with van der Waals surface area (Å²) in [5.74, 6) is -0.148. The van der Waals surface area contributed by atoms with Crippen molar-refractivity contribution in [3.05, 3.63) is 23.1 Å². The van der Waals surface area contributed by atoms with Gasteiger partial charge in [-0.25, -0.2) is 0 Å². The summed E-state index contributed by atoms with van der Waals surface area (Å²) in [7, 11) is 0. The van der Waals surface area contributed by atoms with Crippen molar-refractivity contribution in [2.75, 3.05) is 5.33 Å². The summed E-state index contributed by atoms with van der Waals surface area (Å²) in [6, 6.07) is 1.60. The van der Waals surface area contributed by atoms with Gasteiger partial charge in [0, 0.05) is 5.33 Å². The Hall–Kier alpha value is -0.480. The van der Waals surface area contributed by atoms with E-state index in [0.717, 1.165) is 31.0 Å². The van der Waals surface area contributed by atoms with Crippen LogP contribution in [-0.4, -0.2) is 16.8 Å². The Labute approximate surface area is 114 Å². The van der Waals surface area contributed by atoms with Crippen LogP contribution in [0.3, 0.4) is 0 Å². The summed E-state index contributed by atoms with van der Waals surface area (Å²) in [6.07, 6.45) is 7.02. The number of hydrogen-bond acceptors (Lipinski definition) is 2. The largest absolute Gasteiger partial charge is 0.452 e. The number of carbonyl (C=O) groups is 1. The molecule has 1 fully saturated rings. The summed E-state index contributed by atoms with van der Waals surface area (Å²) in [4.78, 5) is 12.1. The van der Waals surface area contributed by atoms with Gasteiger partial charge >= 0.3 is 0 Å². The molecule has 0 unspecified atom stereocenters. The average Bonchev–Trinajstić information content (AvgIpc) is 2.77. The van der Waals surface area contributed by atoms with E-state index in [-0.39, 0.29) is 16.7 Å². The van der Waals surface area contributed by atoms with Crippen molar-refractivity contribution in [1.29, 1.82) is 0 Å². The maximum atomic E-state index is 12.1. The van der Waals surface area contributed by atoms with Crippen molar-refractivity contribution in [1.82, 2.24) is 5.32 Å². The van der Waals surface area contributed by atoms with Crippen LogP contribution in [0.4, 0.5) is 0 Å². The summed E-state index contributed by atoms with van der Waals surface area (Å²) >= 11 is 9.31. The van der Waals surface area contributed by atoms with E-state index >= 15 is 0 Å². The van der Waals surface area contributed by atoms with Crippen molar-refractivity contribution in [2.24, 2.45) is 0 Å². The Morgan fingerprint density at radius 3 is 2.71 bits per heavy atom. The molecule has 1 aromatic rings. The first-order chi connectivity index (χ1) is 8.17. The summed E-state index contributed by atoms with van der Waals surface area (Å²) in [5.41, 5.74) is 0.285. The molecule has 0 radical (unpaired) electrons. The van der Waals surface area contributed by atoms with E-state index in [1.54, 1.807) is 6.07 Å². The van der Waals surface area contributed by atoms with Gasteiger partial charge < -0.3 is 9.73 Å². The van der Waals surface area contributed by atoms with Crippen molar-refractivity contribution in [2.45, 2.75) is 37.6 Å². The zero-order chi connectivity index (χ0) is 12.3. The van der Waals surface area contributed by atoms with Crippen LogP contribution in [0, 0.1) is 0 Å². The Balaban J connectivity index is 2.08. The maximum Gasteiger partial charge on any atom is 0.256 e. The molecule has 0 aromatic carbocycles. The fourth-order valence-corrected chi connectivity index (χ4v) is 3.19. The minimum absolute atomic E-state index is 0.129. The summed E-state index contributed by atoms with van der Waals surface area (Å²) in [6.45, 7) is 0. The van der Waals surface area contributed by atoms with Crippen LogP contribution in [-0.2, 0) is 0 Å². The number of furan rings is 1. The standard InChI is InChI=1S/C12H15BrClNO2/c13-8-12(5-2-1-3-6-12)15-11(16)9-4-7-17-10(9)14/h4,7H,1-3,5-6,8H2,(H,15,16). The maximum absolute atomic E-state index is 12.1. The van der Waals surface area contributed by atoms with Gasteiger partial charge in [-0.3, -0.25) is 4.79 Å². The molecule has 1 aromatic heterocycles. The molecule has 0 saturated heterocycles. The zero-order valence-corrected chi connectivity index (χ0v) is 11.8. The molecular weight excluding hydrogens is 305 g/mol. The van der Waals surface area contributed by atoms with E-state index in [1.807, 2.05) is 0 Å². The molecule has 2 rings (SSSR count). The molecule has 1 amide bonds. The predicted octanol–water partition coefficient (Wildman–Crippen LogP) is 3.76. The van der Waals surface area contributed by atoms with Gasteiger partial charge in [0.1, 0.15) is 0 Å². The third kappa shape index (κ3) is 2.86. The van der Waals surface area contributed by atoms with Crippen LogP contribution in [0.25, 0.3) is 0 Å². The first-order valence-corrected chi connectivity index (χ1v) is 7.28. The second-order valence-electron chi connectivity index (χ2n) is 4.54. The highest BCUT2D eigenvalue weighted by Crippen LogP contribution is 2.30. The molecule has 5 heteroatoms. The fraction of sp³-hybridized carbons (Fsp3) is 0.583. The van der Waals surface area contributed by atoms with E-state index in [2.05, 4.69) is 21.2 Å². The Morgan fingerprint density at radius 1 is 1.47 bits per heavy atom. The van der Waals surface area contributed by atoms with E-state index in [4.69, 9.17) is 16.0 Å². The van der Waals surface area contributed by atoms with Gasteiger partial charge in [0.05, 0.1) is 17.4 Å². The Bertz CT molecular complexity index is 399. The van der Waals surface area contributed by atoms with Gasteiger partial charge in [-0.1, -0.05) is 35.2 Å². The van der Waals surface area contributed by atoms with E-state index in [9.17, 15) is 4.79 Å². The zero-order valence-electron chi connectivity index (χ0n) is 9.47. The van der Waals surface area contributed by atoms with Gasteiger partial charge in [-0.15, -0.1) is 0 Å². The van der Waals surface area contributed by atoms with E-state index in [0.29, 0.717) is 5.56 Å². The molecular formula is C12H15BrClNO2. The lowest BCUT2D eigenvalue weighted by molar-refractivity contribution is 0.0886. The molecule has 0 aliphatic heterocycles. The molecule has 1 N–H and O–H groups in total. The molecule has 1 heterocycles. The van der Waals surface area contributed by atoms with Gasteiger partial charge in [0.2, 0.25) is 5.22 Å². The molecule has 1 saturated carbocycles. The average molecular weight is 321 g/mol. The first-order valence-electron chi connectivity index (χ1n) is 5.78. The Morgan fingerprint density at radius 2 is 2.18 bits per heavy atom. The molecule has 0 atom stereocenters. The number of rotatable bonds is 3. The number of halogens is 2. The van der Waals surface area contributed by atoms with Crippen LogP contribution in [0.5, 0.6) is 0 Å². The summed E-state index contributed by atoms with van der Waals surface area (Å²) < 4.78 is 4.93. The fourth-order valence-electron chi connectivity index (χ4n) is 2.28. The normalized spacial score (nSPS) is 18.9. The molecule has 3 nitrogen and oxygen atoms in total.